The Balaban J connectivity index is 1.19. The van der Waals surface area contributed by atoms with E-state index in [-0.39, 0.29) is 18.0 Å². The van der Waals surface area contributed by atoms with Crippen LogP contribution in [0.2, 0.25) is 0 Å². The van der Waals surface area contributed by atoms with Crippen molar-refractivity contribution in [3.63, 3.8) is 0 Å². The first-order valence-electron chi connectivity index (χ1n) is 13.0. The van der Waals surface area contributed by atoms with Crippen molar-refractivity contribution >= 4 is 16.8 Å². The predicted molar refractivity (Wildman–Crippen MR) is 145 cm³/mol. The summed E-state index contributed by atoms with van der Waals surface area (Å²) in [6, 6.07) is 18.4. The number of nitrogens with one attached hydrogen (secondary N) is 1. The van der Waals surface area contributed by atoms with Crippen LogP contribution in [0.5, 0.6) is 0 Å². The van der Waals surface area contributed by atoms with Crippen LogP contribution < -0.4 is 10.9 Å². The first-order chi connectivity index (χ1) is 17.9. The van der Waals surface area contributed by atoms with Gasteiger partial charge in [-0.15, -0.1) is 0 Å². The van der Waals surface area contributed by atoms with Gasteiger partial charge in [-0.25, -0.2) is 9.36 Å². The Labute approximate surface area is 216 Å². The van der Waals surface area contributed by atoms with Crippen molar-refractivity contribution in [2.45, 2.75) is 46.7 Å². The number of nitrogens with zero attached hydrogens (tertiary/aromatic N) is 5. The molecule has 0 radical (unpaired) electrons. The summed E-state index contributed by atoms with van der Waals surface area (Å²) in [5.74, 6) is 0.252. The molecule has 3 heterocycles. The van der Waals surface area contributed by atoms with Crippen molar-refractivity contribution in [2.24, 2.45) is 5.92 Å². The number of para-hydroxylation sites is 1. The number of aryl methyl sites for hydroxylation is 3. The number of aromatic nitrogens is 4. The highest BCUT2D eigenvalue weighted by Crippen LogP contribution is 2.20. The van der Waals surface area contributed by atoms with Crippen LogP contribution in [0, 0.1) is 26.7 Å². The Hall–Kier alpha value is -3.78. The van der Waals surface area contributed by atoms with Crippen LogP contribution in [0.15, 0.2) is 59.4 Å². The summed E-state index contributed by atoms with van der Waals surface area (Å²) >= 11 is 0. The smallest absolute Gasteiger partial charge is 0.278 e. The van der Waals surface area contributed by atoms with Crippen LogP contribution in [0.1, 0.15) is 35.4 Å². The highest BCUT2D eigenvalue weighted by Gasteiger charge is 2.21. The second-order valence-corrected chi connectivity index (χ2v) is 10.1. The number of carbonyl (C=O) groups excluding carboxylic acids is 1. The fourth-order valence-electron chi connectivity index (χ4n) is 5.09. The third-order valence-electron chi connectivity index (χ3n) is 7.29. The van der Waals surface area contributed by atoms with Crippen LogP contribution in [0.3, 0.4) is 0 Å². The minimum Gasteiger partial charge on any atom is -0.354 e. The molecule has 8 heteroatoms. The minimum absolute atomic E-state index is 0.0994. The Morgan fingerprint density at radius 3 is 2.38 bits per heavy atom. The number of carbonyl (C=O) groups is 1. The lowest BCUT2D eigenvalue weighted by Crippen LogP contribution is -2.40. The Morgan fingerprint density at radius 2 is 1.68 bits per heavy atom. The summed E-state index contributed by atoms with van der Waals surface area (Å²) in [4.78, 5) is 28.5. The molecule has 0 aliphatic carbocycles. The molecule has 192 valence electrons. The molecule has 0 unspecified atom stereocenters. The number of piperidine rings is 1. The van der Waals surface area contributed by atoms with Gasteiger partial charge in [0.15, 0.2) is 0 Å². The van der Waals surface area contributed by atoms with Gasteiger partial charge in [0.25, 0.3) is 5.56 Å². The maximum absolute atomic E-state index is 13.3. The molecule has 8 nitrogen and oxygen atoms in total. The molecule has 0 spiro atoms. The zero-order valence-electron chi connectivity index (χ0n) is 21.8. The second-order valence-electron chi connectivity index (χ2n) is 10.1. The van der Waals surface area contributed by atoms with Gasteiger partial charge in [-0.1, -0.05) is 48.0 Å². The summed E-state index contributed by atoms with van der Waals surface area (Å²) in [6.45, 7) is 9.34. The molecule has 1 saturated heterocycles. The molecule has 37 heavy (non-hydrogen) atoms. The largest absolute Gasteiger partial charge is 0.354 e. The van der Waals surface area contributed by atoms with Gasteiger partial charge in [0.1, 0.15) is 12.1 Å². The van der Waals surface area contributed by atoms with Crippen molar-refractivity contribution in [3.8, 4) is 5.69 Å². The minimum atomic E-state index is -0.292. The van der Waals surface area contributed by atoms with Crippen LogP contribution in [-0.4, -0.2) is 50.0 Å². The van der Waals surface area contributed by atoms with Gasteiger partial charge in [0.05, 0.1) is 22.5 Å². The van der Waals surface area contributed by atoms with E-state index in [9.17, 15) is 9.59 Å². The van der Waals surface area contributed by atoms with Crippen molar-refractivity contribution in [2.75, 3.05) is 19.6 Å². The molecule has 1 amide bonds. The van der Waals surface area contributed by atoms with Crippen molar-refractivity contribution in [3.05, 3.63) is 87.5 Å². The summed E-state index contributed by atoms with van der Waals surface area (Å²) in [7, 11) is 0. The van der Waals surface area contributed by atoms with Gasteiger partial charge in [0.2, 0.25) is 5.91 Å². The second kappa shape index (κ2) is 10.7. The average molecular weight is 499 g/mol. The fourth-order valence-corrected chi connectivity index (χ4v) is 5.09. The van der Waals surface area contributed by atoms with Crippen LogP contribution in [-0.2, 0) is 17.9 Å². The molecule has 0 saturated carbocycles. The van der Waals surface area contributed by atoms with Crippen LogP contribution in [0.4, 0.5) is 0 Å². The SMILES string of the molecule is Cc1ccc(CN2CCC(CNC(=O)Cn3nc(C)c4nn(-c5ccccc5)c(C)c4c3=O)CC2)cc1. The molecule has 2 aromatic heterocycles. The highest BCUT2D eigenvalue weighted by molar-refractivity contribution is 5.83. The van der Waals surface area contributed by atoms with Crippen LogP contribution >= 0.6 is 0 Å². The summed E-state index contributed by atoms with van der Waals surface area (Å²) in [5.41, 5.74) is 5.14. The molecule has 5 rings (SSSR count). The molecular weight excluding hydrogens is 464 g/mol. The Bertz CT molecular complexity index is 1450. The van der Waals surface area contributed by atoms with Gasteiger partial charge < -0.3 is 5.32 Å². The van der Waals surface area contributed by atoms with E-state index in [1.54, 1.807) is 4.68 Å². The standard InChI is InChI=1S/C29H34N6O2/c1-20-9-11-24(12-10-20)18-33-15-13-23(14-16-33)17-30-26(36)19-34-29(37)27-22(3)35(25-7-5-4-6-8-25)32-28(27)21(2)31-34/h4-12,23H,13-19H2,1-3H3,(H,30,36). The number of hydrogen-bond donors (Lipinski definition) is 1. The maximum Gasteiger partial charge on any atom is 0.278 e. The predicted octanol–water partition coefficient (Wildman–Crippen LogP) is 3.54. The lowest BCUT2D eigenvalue weighted by molar-refractivity contribution is -0.122. The number of amides is 1. The molecule has 4 aromatic rings. The Kier molecular flexibility index (Phi) is 7.19. The lowest BCUT2D eigenvalue weighted by Gasteiger charge is -2.32. The van der Waals surface area contributed by atoms with E-state index in [1.807, 2.05) is 44.2 Å². The van der Waals surface area contributed by atoms with Gasteiger partial charge in [-0.2, -0.15) is 10.2 Å². The first-order valence-corrected chi connectivity index (χ1v) is 13.0. The summed E-state index contributed by atoms with van der Waals surface area (Å²) in [5, 5.41) is 12.6. The van der Waals surface area contributed by atoms with E-state index in [0.717, 1.165) is 43.9 Å². The molecule has 2 aromatic carbocycles. The molecule has 0 bridgehead atoms. The van der Waals surface area contributed by atoms with E-state index in [0.29, 0.717) is 29.1 Å². The molecule has 0 atom stereocenters. The molecular formula is C29H34N6O2. The number of fused-ring (bicyclic) bond motifs is 1. The van der Waals surface area contributed by atoms with Gasteiger partial charge in [0, 0.05) is 13.1 Å². The van der Waals surface area contributed by atoms with Gasteiger partial charge in [-0.05, 0) is 70.3 Å². The topological polar surface area (TPSA) is 85.1 Å². The average Bonchev–Trinajstić information content (AvgIpc) is 3.26. The molecule has 1 N–H and O–H groups in total. The van der Waals surface area contributed by atoms with Crippen molar-refractivity contribution in [1.29, 1.82) is 0 Å². The normalized spacial score (nSPS) is 14.8. The summed E-state index contributed by atoms with van der Waals surface area (Å²) in [6.07, 6.45) is 2.10. The number of hydrogen-bond acceptors (Lipinski definition) is 5. The van der Waals surface area contributed by atoms with E-state index in [2.05, 4.69) is 51.6 Å². The molecule has 1 fully saturated rings. The lowest BCUT2D eigenvalue weighted by atomic mass is 9.96. The zero-order chi connectivity index (χ0) is 25.9. The van der Waals surface area contributed by atoms with Crippen LogP contribution in [0.25, 0.3) is 16.6 Å². The van der Waals surface area contributed by atoms with Crippen molar-refractivity contribution < 1.29 is 4.79 Å². The number of rotatable bonds is 7. The van der Waals surface area contributed by atoms with Gasteiger partial charge >= 0.3 is 0 Å². The zero-order valence-corrected chi connectivity index (χ0v) is 21.8. The molecule has 1 aliphatic heterocycles. The summed E-state index contributed by atoms with van der Waals surface area (Å²) < 4.78 is 3.03. The third kappa shape index (κ3) is 5.49. The Morgan fingerprint density at radius 1 is 0.973 bits per heavy atom. The van der Waals surface area contributed by atoms with E-state index in [4.69, 9.17) is 0 Å². The maximum atomic E-state index is 13.3. The monoisotopic (exact) mass is 498 g/mol. The third-order valence-corrected chi connectivity index (χ3v) is 7.29. The van der Waals surface area contributed by atoms with Gasteiger partial charge in [-0.3, -0.25) is 14.5 Å². The highest BCUT2D eigenvalue weighted by atomic mass is 16.2. The first kappa shape index (κ1) is 24.9. The quantitative estimate of drug-likeness (QED) is 0.421. The van der Waals surface area contributed by atoms with Crippen molar-refractivity contribution in [1.82, 2.24) is 29.8 Å². The molecule has 1 aliphatic rings. The van der Waals surface area contributed by atoms with E-state index >= 15 is 0 Å². The van der Waals surface area contributed by atoms with E-state index < -0.39 is 0 Å². The van der Waals surface area contributed by atoms with E-state index in [1.165, 1.54) is 15.8 Å². The number of likely N-dealkylation sites (tertiary alicyclic amines) is 1. The number of benzene rings is 2. The fraction of sp³-hybridized carbons (Fsp3) is 0.379.